The van der Waals surface area contributed by atoms with Gasteiger partial charge in [0.15, 0.2) is 0 Å². The molecule has 2 unspecified atom stereocenters. The maximum absolute atomic E-state index is 12.6. The number of hydrogen-bond donors (Lipinski definition) is 1. The molecule has 7 heteroatoms. The molecule has 6 nitrogen and oxygen atoms in total. The predicted octanol–water partition coefficient (Wildman–Crippen LogP) is 2.98. The lowest BCUT2D eigenvalue weighted by molar-refractivity contribution is -0.117. The molecule has 0 spiro atoms. The van der Waals surface area contributed by atoms with Crippen LogP contribution >= 0.6 is 0 Å². The van der Waals surface area contributed by atoms with Gasteiger partial charge in [-0.3, -0.25) is 9.10 Å². The van der Waals surface area contributed by atoms with E-state index < -0.39 is 10.0 Å². The predicted molar refractivity (Wildman–Crippen MR) is 105 cm³/mol. The van der Waals surface area contributed by atoms with Gasteiger partial charge in [-0.05, 0) is 42.5 Å². The first-order valence-corrected chi connectivity index (χ1v) is 10.6. The number of benzene rings is 2. The lowest BCUT2D eigenvalue weighted by atomic mass is 10.1. The van der Waals surface area contributed by atoms with Crippen molar-refractivity contribution in [3.8, 4) is 5.75 Å². The molecule has 1 aliphatic heterocycles. The lowest BCUT2D eigenvalue weighted by Gasteiger charge is -2.20. The van der Waals surface area contributed by atoms with Gasteiger partial charge >= 0.3 is 0 Å². The van der Waals surface area contributed by atoms with Gasteiger partial charge in [-0.25, -0.2) is 8.42 Å². The van der Waals surface area contributed by atoms with E-state index in [-0.39, 0.29) is 23.5 Å². The summed E-state index contributed by atoms with van der Waals surface area (Å²) in [7, 11) is -1.82. The second kappa shape index (κ2) is 6.88. The van der Waals surface area contributed by atoms with Crippen molar-refractivity contribution >= 4 is 27.3 Å². The van der Waals surface area contributed by atoms with Crippen LogP contribution in [0.4, 0.5) is 11.4 Å². The summed E-state index contributed by atoms with van der Waals surface area (Å²) in [5.41, 5.74) is 2.23. The SMILES string of the molecule is COc1ccc(NC(=O)C2CC2c2ccccc2)cc1N1CCCS1(=O)=O. The Hall–Kier alpha value is -2.54. The monoisotopic (exact) mass is 386 g/mol. The van der Waals surface area contributed by atoms with Crippen molar-refractivity contribution < 1.29 is 17.9 Å². The third-order valence-electron chi connectivity index (χ3n) is 5.17. The first-order chi connectivity index (χ1) is 13.0. The summed E-state index contributed by atoms with van der Waals surface area (Å²) in [6.07, 6.45) is 1.42. The summed E-state index contributed by atoms with van der Waals surface area (Å²) < 4.78 is 31.2. The Bertz CT molecular complexity index is 959. The molecule has 2 aromatic carbocycles. The third kappa shape index (κ3) is 3.51. The minimum Gasteiger partial charge on any atom is -0.495 e. The van der Waals surface area contributed by atoms with Crippen LogP contribution in [-0.2, 0) is 14.8 Å². The molecule has 1 saturated heterocycles. The Morgan fingerprint density at radius 3 is 2.63 bits per heavy atom. The highest BCUT2D eigenvalue weighted by atomic mass is 32.2. The molecule has 0 radical (unpaired) electrons. The van der Waals surface area contributed by atoms with E-state index in [0.29, 0.717) is 30.1 Å². The van der Waals surface area contributed by atoms with Crippen LogP contribution in [0.25, 0.3) is 0 Å². The molecule has 1 aliphatic carbocycles. The van der Waals surface area contributed by atoms with E-state index in [1.807, 2.05) is 30.3 Å². The first-order valence-electron chi connectivity index (χ1n) is 9.04. The number of nitrogens with one attached hydrogen (secondary N) is 1. The molecule has 142 valence electrons. The zero-order chi connectivity index (χ0) is 19.0. The fourth-order valence-corrected chi connectivity index (χ4v) is 5.23. The maximum Gasteiger partial charge on any atom is 0.235 e. The lowest BCUT2D eigenvalue weighted by Crippen LogP contribution is -2.25. The molecule has 2 atom stereocenters. The number of carbonyl (C=O) groups is 1. The summed E-state index contributed by atoms with van der Waals surface area (Å²) in [5.74, 6) is 0.778. The first kappa shape index (κ1) is 17.9. The van der Waals surface area contributed by atoms with E-state index in [9.17, 15) is 13.2 Å². The fraction of sp³-hybridized carbons (Fsp3) is 0.350. The van der Waals surface area contributed by atoms with Crippen LogP contribution in [0.5, 0.6) is 5.75 Å². The van der Waals surface area contributed by atoms with Crippen LogP contribution in [0.3, 0.4) is 0 Å². The molecule has 2 aromatic rings. The van der Waals surface area contributed by atoms with Crippen LogP contribution < -0.4 is 14.4 Å². The van der Waals surface area contributed by atoms with E-state index in [4.69, 9.17) is 4.74 Å². The van der Waals surface area contributed by atoms with E-state index in [1.54, 1.807) is 18.2 Å². The minimum atomic E-state index is -3.33. The average Bonchev–Trinajstić information content (AvgIpc) is 3.39. The van der Waals surface area contributed by atoms with Crippen molar-refractivity contribution in [3.05, 3.63) is 54.1 Å². The number of rotatable bonds is 5. The number of nitrogens with zero attached hydrogens (tertiary/aromatic N) is 1. The third-order valence-corrected chi connectivity index (χ3v) is 7.02. The fourth-order valence-electron chi connectivity index (χ4n) is 3.66. The van der Waals surface area contributed by atoms with E-state index >= 15 is 0 Å². The van der Waals surface area contributed by atoms with Crippen molar-refractivity contribution in [2.24, 2.45) is 5.92 Å². The second-order valence-electron chi connectivity index (χ2n) is 6.98. The normalized spacial score (nSPS) is 23.1. The van der Waals surface area contributed by atoms with Gasteiger partial charge in [0.2, 0.25) is 15.9 Å². The number of ether oxygens (including phenoxy) is 1. The highest BCUT2D eigenvalue weighted by Crippen LogP contribution is 2.48. The number of sulfonamides is 1. The Morgan fingerprint density at radius 2 is 1.96 bits per heavy atom. The highest BCUT2D eigenvalue weighted by Gasteiger charge is 2.43. The molecule has 1 heterocycles. The van der Waals surface area contributed by atoms with Gasteiger partial charge < -0.3 is 10.1 Å². The quantitative estimate of drug-likeness (QED) is 0.857. The van der Waals surface area contributed by atoms with Gasteiger partial charge in [-0.15, -0.1) is 0 Å². The van der Waals surface area contributed by atoms with Gasteiger partial charge in [0.05, 0.1) is 18.6 Å². The van der Waals surface area contributed by atoms with Crippen LogP contribution in [0.2, 0.25) is 0 Å². The molecule has 1 N–H and O–H groups in total. The van der Waals surface area contributed by atoms with Crippen LogP contribution in [0.1, 0.15) is 24.3 Å². The maximum atomic E-state index is 12.6. The summed E-state index contributed by atoms with van der Waals surface area (Å²) in [6.45, 7) is 0.425. The molecular formula is C20H22N2O4S. The number of amides is 1. The molecule has 1 saturated carbocycles. The number of carbonyl (C=O) groups excluding carboxylic acids is 1. The number of anilines is 2. The van der Waals surface area contributed by atoms with Gasteiger partial charge in [0, 0.05) is 18.2 Å². The Balaban J connectivity index is 1.52. The minimum absolute atomic E-state index is 0.0377. The number of hydrogen-bond acceptors (Lipinski definition) is 4. The average molecular weight is 386 g/mol. The summed E-state index contributed by atoms with van der Waals surface area (Å²) in [4.78, 5) is 12.6. The molecule has 1 amide bonds. The largest absolute Gasteiger partial charge is 0.495 e. The van der Waals surface area contributed by atoms with Crippen molar-refractivity contribution in [1.82, 2.24) is 0 Å². The van der Waals surface area contributed by atoms with E-state index in [0.717, 1.165) is 6.42 Å². The van der Waals surface area contributed by atoms with Crippen molar-refractivity contribution in [2.75, 3.05) is 29.0 Å². The topological polar surface area (TPSA) is 75.7 Å². The zero-order valence-electron chi connectivity index (χ0n) is 15.1. The Kier molecular flexibility index (Phi) is 4.55. The summed E-state index contributed by atoms with van der Waals surface area (Å²) >= 11 is 0. The molecular weight excluding hydrogens is 364 g/mol. The standard InChI is InChI=1S/C20H22N2O4S/c1-26-19-9-8-15(12-18(19)22-10-5-11-27(22,24)25)21-20(23)17-13-16(17)14-6-3-2-4-7-14/h2-4,6-9,12,16-17H,5,10-11,13H2,1H3,(H,21,23). The van der Waals surface area contributed by atoms with Gasteiger partial charge in [0.1, 0.15) is 5.75 Å². The smallest absolute Gasteiger partial charge is 0.235 e. The highest BCUT2D eigenvalue weighted by molar-refractivity contribution is 7.93. The molecule has 0 aromatic heterocycles. The van der Waals surface area contributed by atoms with Gasteiger partial charge in [-0.2, -0.15) is 0 Å². The molecule has 0 bridgehead atoms. The Labute approximate surface area is 159 Å². The van der Waals surface area contributed by atoms with Crippen LogP contribution in [0.15, 0.2) is 48.5 Å². The number of methoxy groups -OCH3 is 1. The van der Waals surface area contributed by atoms with Crippen molar-refractivity contribution in [2.45, 2.75) is 18.8 Å². The molecule has 2 aliphatic rings. The molecule has 27 heavy (non-hydrogen) atoms. The van der Waals surface area contributed by atoms with Crippen molar-refractivity contribution in [3.63, 3.8) is 0 Å². The summed E-state index contributed by atoms with van der Waals surface area (Å²) in [6, 6.07) is 15.1. The van der Waals surface area contributed by atoms with Gasteiger partial charge in [0.25, 0.3) is 0 Å². The second-order valence-corrected chi connectivity index (χ2v) is 8.99. The van der Waals surface area contributed by atoms with Gasteiger partial charge in [-0.1, -0.05) is 30.3 Å². The van der Waals surface area contributed by atoms with Crippen LogP contribution in [0, 0.1) is 5.92 Å². The Morgan fingerprint density at radius 1 is 1.19 bits per heavy atom. The molecule has 4 rings (SSSR count). The zero-order valence-corrected chi connectivity index (χ0v) is 15.9. The van der Waals surface area contributed by atoms with E-state index in [1.165, 1.54) is 17.0 Å². The van der Waals surface area contributed by atoms with E-state index in [2.05, 4.69) is 5.32 Å². The summed E-state index contributed by atoms with van der Waals surface area (Å²) in [5, 5.41) is 2.93. The van der Waals surface area contributed by atoms with Crippen molar-refractivity contribution in [1.29, 1.82) is 0 Å². The molecule has 2 fully saturated rings. The van der Waals surface area contributed by atoms with Crippen LogP contribution in [-0.4, -0.2) is 33.7 Å².